The quantitative estimate of drug-likeness (QED) is 0.662. The number of aromatic nitrogens is 2. The molecule has 0 aliphatic carbocycles. The molecule has 0 spiro atoms. The van der Waals surface area contributed by atoms with Crippen LogP contribution in [-0.2, 0) is 4.74 Å². The van der Waals surface area contributed by atoms with E-state index >= 15 is 0 Å². The third kappa shape index (κ3) is 3.69. The van der Waals surface area contributed by atoms with Gasteiger partial charge in [-0.15, -0.1) is 0 Å². The summed E-state index contributed by atoms with van der Waals surface area (Å²) in [5.41, 5.74) is 3.25. The van der Waals surface area contributed by atoms with Gasteiger partial charge in [0.25, 0.3) is 0 Å². The van der Waals surface area contributed by atoms with Crippen LogP contribution in [0.1, 0.15) is 24.0 Å². The number of hydrogen-bond donors (Lipinski definition) is 1. The second-order valence-corrected chi connectivity index (χ2v) is 6.55. The van der Waals surface area contributed by atoms with Gasteiger partial charge in [-0.2, -0.15) is 5.26 Å². The number of nitrogens with zero attached hydrogens (tertiary/aromatic N) is 3. The fourth-order valence-electron chi connectivity index (χ4n) is 2.70. The fourth-order valence-corrected chi connectivity index (χ4v) is 3.07. The van der Waals surface area contributed by atoms with E-state index in [-0.39, 0.29) is 6.10 Å². The molecular formula is C18H20N4OS. The maximum atomic E-state index is 9.66. The van der Waals surface area contributed by atoms with Crippen LogP contribution >= 0.6 is 11.8 Å². The molecule has 1 aromatic carbocycles. The number of nitriles is 1. The molecule has 2 heterocycles. The van der Waals surface area contributed by atoms with Gasteiger partial charge in [0.15, 0.2) is 5.16 Å². The van der Waals surface area contributed by atoms with E-state index in [4.69, 9.17) is 4.74 Å². The molecule has 1 N–H and O–H groups in total. The Morgan fingerprint density at radius 2 is 2.12 bits per heavy atom. The first-order valence-electron chi connectivity index (χ1n) is 8.00. The van der Waals surface area contributed by atoms with Crippen molar-refractivity contribution in [2.75, 3.05) is 24.7 Å². The molecule has 1 atom stereocenters. The monoisotopic (exact) mass is 340 g/mol. The highest BCUT2D eigenvalue weighted by molar-refractivity contribution is 7.98. The molecule has 124 valence electrons. The largest absolute Gasteiger partial charge is 0.376 e. The number of ether oxygens (including phenoxy) is 1. The second kappa shape index (κ2) is 7.65. The Morgan fingerprint density at radius 1 is 1.33 bits per heavy atom. The average molecular weight is 340 g/mol. The highest BCUT2D eigenvalue weighted by Crippen LogP contribution is 2.28. The maximum absolute atomic E-state index is 9.66. The Balaban J connectivity index is 1.96. The van der Waals surface area contributed by atoms with Crippen molar-refractivity contribution in [3.05, 3.63) is 35.4 Å². The number of thioether (sulfide) groups is 1. The number of rotatable bonds is 5. The van der Waals surface area contributed by atoms with Crippen LogP contribution in [0.25, 0.3) is 11.3 Å². The normalized spacial score (nSPS) is 16.8. The van der Waals surface area contributed by atoms with Crippen LogP contribution in [-0.4, -0.2) is 35.5 Å². The molecule has 24 heavy (non-hydrogen) atoms. The van der Waals surface area contributed by atoms with Crippen molar-refractivity contribution in [3.8, 4) is 17.3 Å². The van der Waals surface area contributed by atoms with Crippen molar-refractivity contribution in [3.63, 3.8) is 0 Å². The van der Waals surface area contributed by atoms with Crippen molar-refractivity contribution in [2.45, 2.75) is 31.0 Å². The van der Waals surface area contributed by atoms with E-state index in [0.29, 0.717) is 28.8 Å². The lowest BCUT2D eigenvalue weighted by Gasteiger charge is -2.15. The fraction of sp³-hybridized carbons (Fsp3) is 0.389. The smallest absolute Gasteiger partial charge is 0.189 e. The summed E-state index contributed by atoms with van der Waals surface area (Å²) in [5, 5.41) is 13.6. The Kier molecular flexibility index (Phi) is 5.34. The Bertz CT molecular complexity index is 749. The molecule has 2 aromatic rings. The lowest BCUT2D eigenvalue weighted by atomic mass is 10.1. The van der Waals surface area contributed by atoms with Crippen LogP contribution in [0, 0.1) is 18.3 Å². The number of benzene rings is 1. The predicted molar refractivity (Wildman–Crippen MR) is 96.2 cm³/mol. The molecule has 1 aliphatic rings. The van der Waals surface area contributed by atoms with Crippen LogP contribution in [0.5, 0.6) is 0 Å². The van der Waals surface area contributed by atoms with Gasteiger partial charge in [0, 0.05) is 18.7 Å². The molecule has 0 saturated carbocycles. The van der Waals surface area contributed by atoms with Crippen LogP contribution in [0.4, 0.5) is 5.82 Å². The van der Waals surface area contributed by atoms with E-state index in [1.807, 2.05) is 37.4 Å². The summed E-state index contributed by atoms with van der Waals surface area (Å²) < 4.78 is 5.64. The Labute approximate surface area is 146 Å². The zero-order valence-electron chi connectivity index (χ0n) is 13.9. The van der Waals surface area contributed by atoms with Crippen molar-refractivity contribution < 1.29 is 4.74 Å². The molecule has 1 aromatic heterocycles. The summed E-state index contributed by atoms with van der Waals surface area (Å²) in [5.74, 6) is 0.586. The molecule has 6 heteroatoms. The van der Waals surface area contributed by atoms with E-state index in [1.165, 1.54) is 17.3 Å². The summed E-state index contributed by atoms with van der Waals surface area (Å²) in [7, 11) is 0. The molecule has 3 rings (SSSR count). The number of nitrogens with one attached hydrogen (secondary N) is 1. The minimum atomic E-state index is 0.187. The first-order valence-corrected chi connectivity index (χ1v) is 9.22. The summed E-state index contributed by atoms with van der Waals surface area (Å²) in [4.78, 5) is 9.05. The van der Waals surface area contributed by atoms with Gasteiger partial charge in [0.05, 0.1) is 11.8 Å². The first-order chi connectivity index (χ1) is 11.7. The summed E-state index contributed by atoms with van der Waals surface area (Å²) >= 11 is 1.47. The molecule has 0 amide bonds. The SMILES string of the molecule is CSc1nc(NC[C@H]2CCCO2)c(C#N)c(-c2ccc(C)cc2)n1. The standard InChI is InChI=1S/C18H20N4OS/c1-12-5-7-13(8-6-12)16-15(10-19)17(22-18(21-16)24-2)20-11-14-4-3-9-23-14/h5-8,14H,3-4,9,11H2,1-2H3,(H,20,21,22)/t14-/m1/s1. The van der Waals surface area contributed by atoms with Crippen LogP contribution in [0.2, 0.25) is 0 Å². The predicted octanol–water partition coefficient (Wildman–Crippen LogP) is 3.64. The molecule has 0 bridgehead atoms. The van der Waals surface area contributed by atoms with E-state index in [2.05, 4.69) is 21.4 Å². The van der Waals surface area contributed by atoms with Gasteiger partial charge in [-0.05, 0) is 26.0 Å². The zero-order valence-corrected chi connectivity index (χ0v) is 14.7. The number of aryl methyl sites for hydroxylation is 1. The highest BCUT2D eigenvalue weighted by Gasteiger charge is 2.19. The molecule has 0 radical (unpaired) electrons. The van der Waals surface area contributed by atoms with Crippen LogP contribution in [0.15, 0.2) is 29.4 Å². The second-order valence-electron chi connectivity index (χ2n) is 5.78. The highest BCUT2D eigenvalue weighted by atomic mass is 32.2. The third-order valence-electron chi connectivity index (χ3n) is 4.03. The summed E-state index contributed by atoms with van der Waals surface area (Å²) in [6.45, 7) is 3.51. The van der Waals surface area contributed by atoms with Gasteiger partial charge in [-0.3, -0.25) is 0 Å². The van der Waals surface area contributed by atoms with E-state index in [0.717, 1.165) is 25.0 Å². The third-order valence-corrected chi connectivity index (χ3v) is 4.58. The van der Waals surface area contributed by atoms with Gasteiger partial charge >= 0.3 is 0 Å². The van der Waals surface area contributed by atoms with Gasteiger partial charge in [0.2, 0.25) is 0 Å². The molecule has 5 nitrogen and oxygen atoms in total. The van der Waals surface area contributed by atoms with Crippen molar-refractivity contribution in [1.82, 2.24) is 9.97 Å². The average Bonchev–Trinajstić information content (AvgIpc) is 3.13. The molecule has 1 aliphatic heterocycles. The van der Waals surface area contributed by atoms with Crippen LogP contribution < -0.4 is 5.32 Å². The van der Waals surface area contributed by atoms with Gasteiger partial charge in [-0.25, -0.2) is 9.97 Å². The minimum Gasteiger partial charge on any atom is -0.376 e. The number of anilines is 1. The van der Waals surface area contributed by atoms with Gasteiger partial charge in [-0.1, -0.05) is 41.6 Å². The van der Waals surface area contributed by atoms with Crippen molar-refractivity contribution in [2.24, 2.45) is 0 Å². The number of hydrogen-bond acceptors (Lipinski definition) is 6. The van der Waals surface area contributed by atoms with E-state index < -0.39 is 0 Å². The van der Waals surface area contributed by atoms with Crippen molar-refractivity contribution in [1.29, 1.82) is 5.26 Å². The minimum absolute atomic E-state index is 0.187. The van der Waals surface area contributed by atoms with Gasteiger partial charge in [0.1, 0.15) is 17.5 Å². The summed E-state index contributed by atoms with van der Waals surface area (Å²) in [6, 6.07) is 10.3. The lowest BCUT2D eigenvalue weighted by molar-refractivity contribution is 0.120. The van der Waals surface area contributed by atoms with Crippen molar-refractivity contribution >= 4 is 17.6 Å². The molecule has 1 saturated heterocycles. The van der Waals surface area contributed by atoms with Crippen LogP contribution in [0.3, 0.4) is 0 Å². The van der Waals surface area contributed by atoms with Gasteiger partial charge < -0.3 is 10.1 Å². The first kappa shape index (κ1) is 16.7. The topological polar surface area (TPSA) is 70.8 Å². The Morgan fingerprint density at radius 3 is 2.75 bits per heavy atom. The van der Waals surface area contributed by atoms with E-state index in [9.17, 15) is 5.26 Å². The molecule has 0 unspecified atom stereocenters. The lowest BCUT2D eigenvalue weighted by Crippen LogP contribution is -2.20. The molecule has 1 fully saturated rings. The summed E-state index contributed by atoms with van der Waals surface area (Å²) in [6.07, 6.45) is 4.25. The zero-order chi connectivity index (χ0) is 16.9. The maximum Gasteiger partial charge on any atom is 0.189 e. The Hall–Kier alpha value is -2.10. The molecular weight excluding hydrogens is 320 g/mol. The van der Waals surface area contributed by atoms with E-state index in [1.54, 1.807) is 0 Å².